The average molecular weight is 279 g/mol. The van der Waals surface area contributed by atoms with E-state index in [-0.39, 0.29) is 23.8 Å². The van der Waals surface area contributed by atoms with Gasteiger partial charge in [0.2, 0.25) is 11.8 Å². The Bertz CT molecular complexity index is 393. The molecule has 2 bridgehead atoms. The van der Waals surface area contributed by atoms with Crippen LogP contribution < -0.4 is 16.4 Å². The second-order valence-corrected chi connectivity index (χ2v) is 6.67. The van der Waals surface area contributed by atoms with E-state index in [0.717, 1.165) is 25.7 Å². The fraction of sp³-hybridized carbons (Fsp3) is 0.867. The van der Waals surface area contributed by atoms with Crippen LogP contribution in [-0.2, 0) is 9.59 Å². The average Bonchev–Trinajstić information content (AvgIpc) is 3.00. The van der Waals surface area contributed by atoms with Gasteiger partial charge in [-0.05, 0) is 50.4 Å². The molecule has 0 aromatic carbocycles. The molecule has 3 rings (SSSR count). The zero-order valence-electron chi connectivity index (χ0n) is 11.9. The first kappa shape index (κ1) is 13.9. The summed E-state index contributed by atoms with van der Waals surface area (Å²) in [6.07, 6.45) is 6.91. The second kappa shape index (κ2) is 5.72. The highest BCUT2D eigenvalue weighted by Gasteiger charge is 2.48. The first-order valence-electron chi connectivity index (χ1n) is 7.98. The van der Waals surface area contributed by atoms with Gasteiger partial charge in [-0.25, -0.2) is 0 Å². The molecule has 3 saturated carbocycles. The lowest BCUT2D eigenvalue weighted by Crippen LogP contribution is -2.45. The SMILES string of the molecule is NC1C2CCC(C2)C1C(=O)NCCCC(=O)NC1CC1. The Morgan fingerprint density at radius 3 is 2.50 bits per heavy atom. The molecule has 0 radical (unpaired) electrons. The van der Waals surface area contributed by atoms with Gasteiger partial charge in [0, 0.05) is 25.0 Å². The maximum atomic E-state index is 12.2. The van der Waals surface area contributed by atoms with Gasteiger partial charge in [0.15, 0.2) is 0 Å². The van der Waals surface area contributed by atoms with Crippen molar-refractivity contribution in [2.24, 2.45) is 23.5 Å². The lowest BCUT2D eigenvalue weighted by molar-refractivity contribution is -0.127. The number of carbonyl (C=O) groups excluding carboxylic acids is 2. The van der Waals surface area contributed by atoms with Crippen LogP contribution in [0.4, 0.5) is 0 Å². The number of rotatable bonds is 6. The maximum Gasteiger partial charge on any atom is 0.224 e. The minimum Gasteiger partial charge on any atom is -0.356 e. The van der Waals surface area contributed by atoms with E-state index >= 15 is 0 Å². The Morgan fingerprint density at radius 1 is 1.10 bits per heavy atom. The van der Waals surface area contributed by atoms with Crippen molar-refractivity contribution in [3.63, 3.8) is 0 Å². The first-order valence-corrected chi connectivity index (χ1v) is 7.98. The van der Waals surface area contributed by atoms with Crippen LogP contribution in [0.5, 0.6) is 0 Å². The van der Waals surface area contributed by atoms with Gasteiger partial charge in [-0.2, -0.15) is 0 Å². The predicted molar refractivity (Wildman–Crippen MR) is 75.7 cm³/mol. The standard InChI is InChI=1S/C15H25N3O2/c16-14-10-4-3-9(8-10)13(14)15(20)17-7-1-2-12(19)18-11-5-6-11/h9-11,13-14H,1-8,16H2,(H,17,20)(H,18,19). The monoisotopic (exact) mass is 279 g/mol. The number of hydrogen-bond acceptors (Lipinski definition) is 3. The predicted octanol–water partition coefficient (Wildman–Crippen LogP) is 0.535. The molecule has 0 aromatic heterocycles. The summed E-state index contributed by atoms with van der Waals surface area (Å²) in [5, 5.41) is 5.92. The van der Waals surface area contributed by atoms with Crippen molar-refractivity contribution in [1.82, 2.24) is 10.6 Å². The van der Waals surface area contributed by atoms with Gasteiger partial charge in [0.1, 0.15) is 0 Å². The summed E-state index contributed by atoms with van der Waals surface area (Å²) < 4.78 is 0. The minimum absolute atomic E-state index is 0.00837. The van der Waals surface area contributed by atoms with E-state index in [9.17, 15) is 9.59 Å². The van der Waals surface area contributed by atoms with Crippen LogP contribution in [0.15, 0.2) is 0 Å². The Morgan fingerprint density at radius 2 is 1.85 bits per heavy atom. The van der Waals surface area contributed by atoms with Crippen molar-refractivity contribution in [1.29, 1.82) is 0 Å². The molecule has 0 spiro atoms. The first-order chi connectivity index (χ1) is 9.65. The summed E-state index contributed by atoms with van der Waals surface area (Å²) in [6.45, 7) is 0.581. The van der Waals surface area contributed by atoms with Gasteiger partial charge >= 0.3 is 0 Å². The lowest BCUT2D eigenvalue weighted by Gasteiger charge is -2.27. The molecule has 3 fully saturated rings. The van der Waals surface area contributed by atoms with Gasteiger partial charge in [-0.3, -0.25) is 9.59 Å². The van der Waals surface area contributed by atoms with Crippen LogP contribution >= 0.6 is 0 Å². The smallest absolute Gasteiger partial charge is 0.224 e. The van der Waals surface area contributed by atoms with Crippen LogP contribution in [-0.4, -0.2) is 30.4 Å². The highest BCUT2D eigenvalue weighted by atomic mass is 16.2. The lowest BCUT2D eigenvalue weighted by atomic mass is 9.84. The van der Waals surface area contributed by atoms with E-state index < -0.39 is 0 Å². The number of hydrogen-bond donors (Lipinski definition) is 3. The summed E-state index contributed by atoms with van der Waals surface area (Å²) in [6, 6.07) is 0.469. The van der Waals surface area contributed by atoms with Crippen molar-refractivity contribution in [3.05, 3.63) is 0 Å². The number of nitrogens with one attached hydrogen (secondary N) is 2. The van der Waals surface area contributed by atoms with Crippen LogP contribution in [0.3, 0.4) is 0 Å². The quantitative estimate of drug-likeness (QED) is 0.620. The van der Waals surface area contributed by atoms with E-state index in [1.807, 2.05) is 0 Å². The summed E-state index contributed by atoms with van der Waals surface area (Å²) >= 11 is 0. The molecule has 112 valence electrons. The van der Waals surface area contributed by atoms with E-state index in [4.69, 9.17) is 5.73 Å². The topological polar surface area (TPSA) is 84.2 Å². The number of fused-ring (bicyclic) bond motifs is 2. The number of carbonyl (C=O) groups is 2. The largest absolute Gasteiger partial charge is 0.356 e. The van der Waals surface area contributed by atoms with Crippen molar-refractivity contribution in [3.8, 4) is 0 Å². The van der Waals surface area contributed by atoms with Crippen LogP contribution in [0, 0.1) is 17.8 Å². The molecule has 0 aliphatic heterocycles. The molecule has 5 nitrogen and oxygen atoms in total. The third kappa shape index (κ3) is 2.97. The van der Waals surface area contributed by atoms with Crippen molar-refractivity contribution >= 4 is 11.8 Å². The molecule has 2 amide bonds. The Hall–Kier alpha value is -1.10. The zero-order valence-corrected chi connectivity index (χ0v) is 11.9. The molecular formula is C15H25N3O2. The maximum absolute atomic E-state index is 12.2. The van der Waals surface area contributed by atoms with Crippen molar-refractivity contribution in [2.45, 2.75) is 57.0 Å². The van der Waals surface area contributed by atoms with Crippen LogP contribution in [0.1, 0.15) is 44.9 Å². The Kier molecular flexibility index (Phi) is 3.96. The molecule has 0 aromatic rings. The molecule has 3 aliphatic rings. The third-order valence-electron chi connectivity index (χ3n) is 5.11. The van der Waals surface area contributed by atoms with Crippen molar-refractivity contribution in [2.75, 3.05) is 6.54 Å². The van der Waals surface area contributed by atoms with E-state index in [1.54, 1.807) is 0 Å². The number of nitrogens with two attached hydrogens (primary N) is 1. The van der Waals surface area contributed by atoms with Crippen LogP contribution in [0.25, 0.3) is 0 Å². The van der Waals surface area contributed by atoms with Crippen molar-refractivity contribution < 1.29 is 9.59 Å². The summed E-state index contributed by atoms with van der Waals surface area (Å²) in [4.78, 5) is 23.7. The zero-order chi connectivity index (χ0) is 14.1. The summed E-state index contributed by atoms with van der Waals surface area (Å²) in [5.74, 6) is 1.27. The molecule has 3 aliphatic carbocycles. The molecule has 0 heterocycles. The molecule has 5 heteroatoms. The van der Waals surface area contributed by atoms with Gasteiger partial charge in [-0.1, -0.05) is 0 Å². The van der Waals surface area contributed by atoms with Gasteiger partial charge in [0.05, 0.1) is 5.92 Å². The Balaban J connectivity index is 1.34. The fourth-order valence-electron chi connectivity index (χ4n) is 3.83. The van der Waals surface area contributed by atoms with Crippen LogP contribution in [0.2, 0.25) is 0 Å². The summed E-state index contributed by atoms with van der Waals surface area (Å²) in [5.41, 5.74) is 6.15. The molecule has 4 atom stereocenters. The van der Waals surface area contributed by atoms with E-state index in [1.165, 1.54) is 6.42 Å². The van der Waals surface area contributed by atoms with E-state index in [0.29, 0.717) is 37.3 Å². The molecule has 0 saturated heterocycles. The fourth-order valence-corrected chi connectivity index (χ4v) is 3.83. The molecule has 4 unspecified atom stereocenters. The third-order valence-corrected chi connectivity index (χ3v) is 5.11. The molecular weight excluding hydrogens is 254 g/mol. The minimum atomic E-state index is 0.00837. The Labute approximate surface area is 120 Å². The van der Waals surface area contributed by atoms with Gasteiger partial charge in [0.25, 0.3) is 0 Å². The van der Waals surface area contributed by atoms with Gasteiger partial charge in [-0.15, -0.1) is 0 Å². The van der Waals surface area contributed by atoms with Gasteiger partial charge < -0.3 is 16.4 Å². The van der Waals surface area contributed by atoms with E-state index in [2.05, 4.69) is 10.6 Å². The highest BCUT2D eigenvalue weighted by molar-refractivity contribution is 5.80. The molecule has 4 N–H and O–H groups in total. The number of amides is 2. The highest BCUT2D eigenvalue weighted by Crippen LogP contribution is 2.47. The molecule has 20 heavy (non-hydrogen) atoms. The normalized spacial score (nSPS) is 35.0. The summed E-state index contributed by atoms with van der Waals surface area (Å²) in [7, 11) is 0. The second-order valence-electron chi connectivity index (χ2n) is 6.67.